The molecule has 2 aromatic rings. The number of anilines is 1. The molecular weight excluding hydrogens is 460 g/mol. The molecule has 2 heterocycles. The number of hydrogen-bond acceptors (Lipinski definition) is 7. The largest absolute Gasteiger partial charge is 0.495 e. The van der Waals surface area contributed by atoms with Crippen molar-refractivity contribution in [3.63, 3.8) is 0 Å². The highest BCUT2D eigenvalue weighted by Gasteiger charge is 2.20. The monoisotopic (exact) mass is 496 g/mol. The van der Waals surface area contributed by atoms with E-state index in [4.69, 9.17) is 15.5 Å². The van der Waals surface area contributed by atoms with Crippen molar-refractivity contribution in [1.29, 1.82) is 0 Å². The van der Waals surface area contributed by atoms with Gasteiger partial charge in [0, 0.05) is 37.6 Å². The van der Waals surface area contributed by atoms with Gasteiger partial charge < -0.3 is 20.7 Å². The summed E-state index contributed by atoms with van der Waals surface area (Å²) in [7, 11) is 0. The van der Waals surface area contributed by atoms with Gasteiger partial charge in [-0.1, -0.05) is 54.6 Å². The van der Waals surface area contributed by atoms with Gasteiger partial charge in [0.1, 0.15) is 5.76 Å². The zero-order valence-corrected chi connectivity index (χ0v) is 21.9. The second-order valence-corrected chi connectivity index (χ2v) is 8.39. The highest BCUT2D eigenvalue weighted by atomic mass is 16.5. The lowest BCUT2D eigenvalue weighted by atomic mass is 10.0. The van der Waals surface area contributed by atoms with Crippen molar-refractivity contribution in [3.8, 4) is 0 Å². The number of nitrogens with zero attached hydrogens (tertiary/aromatic N) is 4. The molecule has 7 heteroatoms. The minimum absolute atomic E-state index is 0.495. The van der Waals surface area contributed by atoms with Gasteiger partial charge in [0.2, 0.25) is 5.95 Å². The van der Waals surface area contributed by atoms with Gasteiger partial charge >= 0.3 is 0 Å². The Morgan fingerprint density at radius 1 is 1.24 bits per heavy atom. The van der Waals surface area contributed by atoms with Crippen LogP contribution in [0.2, 0.25) is 0 Å². The van der Waals surface area contributed by atoms with E-state index < -0.39 is 0 Å². The number of aromatic nitrogens is 2. The fourth-order valence-corrected chi connectivity index (χ4v) is 3.71. The van der Waals surface area contributed by atoms with E-state index in [-0.39, 0.29) is 0 Å². The zero-order chi connectivity index (χ0) is 26.6. The van der Waals surface area contributed by atoms with Gasteiger partial charge in [0.15, 0.2) is 0 Å². The van der Waals surface area contributed by atoms with Crippen molar-refractivity contribution in [3.05, 3.63) is 113 Å². The highest BCUT2D eigenvalue weighted by Crippen LogP contribution is 2.31. The van der Waals surface area contributed by atoms with Crippen LogP contribution in [-0.4, -0.2) is 47.8 Å². The summed E-state index contributed by atoms with van der Waals surface area (Å²) in [5.74, 6) is 1.13. The summed E-state index contributed by atoms with van der Waals surface area (Å²) < 4.78 is 5.40. The molecule has 0 unspecified atom stereocenters. The van der Waals surface area contributed by atoms with Gasteiger partial charge in [-0.05, 0) is 56.9 Å². The lowest BCUT2D eigenvalue weighted by Gasteiger charge is -2.27. The molecule has 0 atom stereocenters. The standard InChI is InChI=1S/C30H36N6O/c1-6-24(11-10-23(4)37-7-2)21-34-30-33-17-14-27(35-30)29(36-18-15-25(20-31)16-19-36)28(32-5)26-12-8-22(3)9-13-26/h6,8-18H,4-5,7,19-21,31H2,1-3H3,(H,33,34,35)/b11-10-,24-6+,29-28-. The fourth-order valence-electron chi connectivity index (χ4n) is 3.71. The number of nitrogens with one attached hydrogen (secondary N) is 1. The van der Waals surface area contributed by atoms with Crippen LogP contribution in [0.3, 0.4) is 0 Å². The third-order valence-electron chi connectivity index (χ3n) is 5.78. The number of benzene rings is 1. The van der Waals surface area contributed by atoms with Crippen LogP contribution >= 0.6 is 0 Å². The van der Waals surface area contributed by atoms with Crippen LogP contribution < -0.4 is 11.1 Å². The topological polar surface area (TPSA) is 88.7 Å². The molecule has 0 saturated heterocycles. The first-order chi connectivity index (χ1) is 18.0. The molecule has 1 aliphatic rings. The van der Waals surface area contributed by atoms with E-state index >= 15 is 0 Å². The number of hydrogen-bond donors (Lipinski definition) is 2. The smallest absolute Gasteiger partial charge is 0.223 e. The molecule has 0 saturated carbocycles. The quantitative estimate of drug-likeness (QED) is 0.229. The van der Waals surface area contributed by atoms with Crippen molar-refractivity contribution in [2.75, 3.05) is 31.6 Å². The van der Waals surface area contributed by atoms with E-state index in [2.05, 4.69) is 70.8 Å². The number of allylic oxidation sites excluding steroid dienone is 2. The average Bonchev–Trinajstić information content (AvgIpc) is 2.93. The van der Waals surface area contributed by atoms with E-state index in [0.717, 1.165) is 33.8 Å². The Kier molecular flexibility index (Phi) is 10.2. The van der Waals surface area contributed by atoms with Crippen molar-refractivity contribution < 1.29 is 4.74 Å². The van der Waals surface area contributed by atoms with Crippen molar-refractivity contribution in [1.82, 2.24) is 14.9 Å². The summed E-state index contributed by atoms with van der Waals surface area (Å²) in [6.45, 7) is 16.0. The predicted octanol–water partition coefficient (Wildman–Crippen LogP) is 5.49. The Balaban J connectivity index is 1.94. The van der Waals surface area contributed by atoms with Gasteiger partial charge in [0.05, 0.1) is 23.7 Å². The van der Waals surface area contributed by atoms with Crippen LogP contribution in [-0.2, 0) is 4.74 Å². The molecule has 192 valence electrons. The highest BCUT2D eigenvalue weighted by molar-refractivity contribution is 5.90. The fraction of sp³-hybridized carbons (Fsp3) is 0.233. The zero-order valence-electron chi connectivity index (χ0n) is 21.9. The SMILES string of the molecule is C=N/C(=C(/c1ccnc(NCC(/C=C\C(=C)OCC)=C/C)n1)N1C=CC(CN)=CC1)c1ccc(C)cc1. The van der Waals surface area contributed by atoms with Crippen LogP contribution in [0.15, 0.2) is 102 Å². The van der Waals surface area contributed by atoms with E-state index in [1.807, 2.05) is 50.4 Å². The second kappa shape index (κ2) is 13.8. The summed E-state index contributed by atoms with van der Waals surface area (Å²) >= 11 is 0. The van der Waals surface area contributed by atoms with Crippen LogP contribution in [0.1, 0.15) is 30.7 Å². The molecule has 1 aliphatic heterocycles. The first-order valence-electron chi connectivity index (χ1n) is 12.3. The maximum atomic E-state index is 5.84. The molecule has 3 rings (SSSR count). The molecule has 0 amide bonds. The third kappa shape index (κ3) is 7.62. The van der Waals surface area contributed by atoms with Gasteiger partial charge in [-0.3, -0.25) is 4.99 Å². The Morgan fingerprint density at radius 3 is 2.65 bits per heavy atom. The van der Waals surface area contributed by atoms with E-state index in [0.29, 0.717) is 37.9 Å². The molecule has 0 fully saturated rings. The number of aliphatic imine (C=N–C) groups is 1. The molecule has 37 heavy (non-hydrogen) atoms. The molecular formula is C30H36N6O. The number of aryl methyl sites for hydroxylation is 1. The molecule has 3 N–H and O–H groups in total. The van der Waals surface area contributed by atoms with Gasteiger partial charge in [-0.25, -0.2) is 9.97 Å². The van der Waals surface area contributed by atoms with Gasteiger partial charge in [-0.2, -0.15) is 0 Å². The molecule has 0 bridgehead atoms. The second-order valence-electron chi connectivity index (χ2n) is 8.39. The van der Waals surface area contributed by atoms with E-state index in [1.54, 1.807) is 6.20 Å². The van der Waals surface area contributed by atoms with E-state index in [1.165, 1.54) is 5.56 Å². The Bertz CT molecular complexity index is 1250. The Labute approximate surface area is 220 Å². The summed E-state index contributed by atoms with van der Waals surface area (Å²) in [6.07, 6.45) is 13.7. The molecule has 1 aromatic heterocycles. The average molecular weight is 497 g/mol. The lowest BCUT2D eigenvalue weighted by molar-refractivity contribution is 0.244. The van der Waals surface area contributed by atoms with Crippen LogP contribution in [0.4, 0.5) is 5.95 Å². The molecule has 0 radical (unpaired) electrons. The van der Waals surface area contributed by atoms with E-state index in [9.17, 15) is 0 Å². The first-order valence-corrected chi connectivity index (χ1v) is 12.3. The molecule has 7 nitrogen and oxygen atoms in total. The molecule has 1 aromatic carbocycles. The van der Waals surface area contributed by atoms with Crippen LogP contribution in [0, 0.1) is 6.92 Å². The minimum Gasteiger partial charge on any atom is -0.495 e. The minimum atomic E-state index is 0.495. The van der Waals surface area contributed by atoms with Gasteiger partial charge in [-0.15, -0.1) is 0 Å². The van der Waals surface area contributed by atoms with Crippen molar-refractivity contribution in [2.45, 2.75) is 20.8 Å². The predicted molar refractivity (Wildman–Crippen MR) is 155 cm³/mol. The lowest BCUT2D eigenvalue weighted by Crippen LogP contribution is -2.22. The van der Waals surface area contributed by atoms with Crippen LogP contribution in [0.25, 0.3) is 11.4 Å². The molecule has 0 spiro atoms. The van der Waals surface area contributed by atoms with Crippen LogP contribution in [0.5, 0.6) is 0 Å². The van der Waals surface area contributed by atoms with Crippen molar-refractivity contribution >= 4 is 24.1 Å². The Hall–Kier alpha value is -4.23. The maximum Gasteiger partial charge on any atom is 0.223 e. The summed E-state index contributed by atoms with van der Waals surface area (Å²) in [5.41, 5.74) is 12.4. The number of ether oxygens (including phenoxy) is 1. The number of nitrogens with two attached hydrogens (primary N) is 1. The Morgan fingerprint density at radius 2 is 2.03 bits per heavy atom. The summed E-state index contributed by atoms with van der Waals surface area (Å²) in [4.78, 5) is 15.8. The first kappa shape index (κ1) is 27.4. The summed E-state index contributed by atoms with van der Waals surface area (Å²) in [6, 6.07) is 10.1. The van der Waals surface area contributed by atoms with Gasteiger partial charge in [0.25, 0.3) is 0 Å². The number of rotatable bonds is 12. The normalized spacial score (nSPS) is 14.3. The third-order valence-corrected chi connectivity index (χ3v) is 5.78. The van der Waals surface area contributed by atoms with Crippen molar-refractivity contribution in [2.24, 2.45) is 10.7 Å². The maximum absolute atomic E-state index is 5.84. The molecule has 0 aliphatic carbocycles. The summed E-state index contributed by atoms with van der Waals surface area (Å²) in [5, 5.41) is 3.32.